The third-order valence-electron chi connectivity index (χ3n) is 1.21. The molecule has 0 saturated carbocycles. The van der Waals surface area contributed by atoms with Gasteiger partial charge in [0.15, 0.2) is 11.6 Å². The number of rotatable bonds is 0. The minimum absolute atomic E-state index is 0.291. The molecular weight excluding hydrogens is 133 g/mol. The minimum Gasteiger partial charge on any atom is -0.358 e. The first-order valence-electron chi connectivity index (χ1n) is 3.12. The lowest BCUT2D eigenvalue weighted by molar-refractivity contribution is 0.317. The molecule has 0 unspecified atom stereocenters. The van der Waals surface area contributed by atoms with Crippen molar-refractivity contribution < 1.29 is 8.91 Å². The van der Waals surface area contributed by atoms with Gasteiger partial charge in [0.2, 0.25) is 0 Å². The highest BCUT2D eigenvalue weighted by molar-refractivity contribution is 5.08. The molecule has 0 spiro atoms. The summed E-state index contributed by atoms with van der Waals surface area (Å²) in [6.45, 7) is 5.61. The Morgan fingerprint density at radius 2 is 2.10 bits per heavy atom. The van der Waals surface area contributed by atoms with Crippen molar-refractivity contribution >= 4 is 0 Å². The molecule has 1 aromatic rings. The molecule has 0 aliphatic rings. The first-order chi connectivity index (χ1) is 4.52. The van der Waals surface area contributed by atoms with E-state index in [4.69, 9.17) is 4.52 Å². The quantitative estimate of drug-likeness (QED) is 0.556. The van der Waals surface area contributed by atoms with E-state index in [1.54, 1.807) is 0 Å². The van der Waals surface area contributed by atoms with E-state index in [2.05, 4.69) is 5.16 Å². The summed E-state index contributed by atoms with van der Waals surface area (Å²) in [5, 5.41) is 3.34. The van der Waals surface area contributed by atoms with Gasteiger partial charge < -0.3 is 4.52 Å². The van der Waals surface area contributed by atoms with Gasteiger partial charge in [0.25, 0.3) is 0 Å². The summed E-state index contributed by atoms with van der Waals surface area (Å²) in [6, 6.07) is 0. The molecule has 10 heavy (non-hydrogen) atoms. The van der Waals surface area contributed by atoms with Crippen LogP contribution in [0.4, 0.5) is 4.39 Å². The van der Waals surface area contributed by atoms with Crippen LogP contribution < -0.4 is 0 Å². The predicted octanol–water partition coefficient (Wildman–Crippen LogP) is 2.11. The highest BCUT2D eigenvalue weighted by Crippen LogP contribution is 2.23. The summed E-state index contributed by atoms with van der Waals surface area (Å²) >= 11 is 0. The maximum Gasteiger partial charge on any atom is 0.186 e. The van der Waals surface area contributed by atoms with Crippen LogP contribution in [0.1, 0.15) is 26.5 Å². The molecule has 0 aliphatic heterocycles. The van der Waals surface area contributed by atoms with Crippen molar-refractivity contribution in [1.82, 2.24) is 5.16 Å². The van der Waals surface area contributed by atoms with Gasteiger partial charge in [-0.2, -0.15) is 0 Å². The van der Waals surface area contributed by atoms with Gasteiger partial charge in [0.1, 0.15) is 6.20 Å². The van der Waals surface area contributed by atoms with Crippen molar-refractivity contribution in [2.75, 3.05) is 0 Å². The smallest absolute Gasteiger partial charge is 0.186 e. The Kier molecular flexibility index (Phi) is 1.50. The van der Waals surface area contributed by atoms with E-state index < -0.39 is 0 Å². The average molecular weight is 143 g/mol. The third kappa shape index (κ3) is 1.17. The molecular formula is C7H10FNO. The van der Waals surface area contributed by atoms with Crippen molar-refractivity contribution in [2.45, 2.75) is 26.2 Å². The molecule has 0 fully saturated rings. The molecule has 2 nitrogen and oxygen atoms in total. The van der Waals surface area contributed by atoms with E-state index in [9.17, 15) is 4.39 Å². The Hall–Kier alpha value is -0.860. The molecule has 0 aliphatic carbocycles. The molecule has 0 radical (unpaired) electrons. The van der Waals surface area contributed by atoms with Crippen LogP contribution >= 0.6 is 0 Å². The van der Waals surface area contributed by atoms with Gasteiger partial charge in [-0.1, -0.05) is 25.9 Å². The SMILES string of the molecule is CC(C)(C)c1oncc1F. The molecule has 1 heterocycles. The number of nitrogens with zero attached hydrogens (tertiary/aromatic N) is 1. The Labute approximate surface area is 59.0 Å². The fraction of sp³-hybridized carbons (Fsp3) is 0.571. The van der Waals surface area contributed by atoms with Crippen LogP contribution in [0, 0.1) is 5.82 Å². The Bertz CT molecular complexity index is 224. The number of halogens is 1. The van der Waals surface area contributed by atoms with E-state index in [0.29, 0.717) is 5.76 Å². The largest absolute Gasteiger partial charge is 0.358 e. The van der Waals surface area contributed by atoms with E-state index in [-0.39, 0.29) is 11.2 Å². The zero-order valence-electron chi connectivity index (χ0n) is 6.31. The van der Waals surface area contributed by atoms with Gasteiger partial charge in [-0.3, -0.25) is 0 Å². The van der Waals surface area contributed by atoms with Gasteiger partial charge >= 0.3 is 0 Å². The second kappa shape index (κ2) is 2.08. The Balaban J connectivity index is 3.05. The standard InChI is InChI=1S/C7H10FNO/c1-7(2,3)6-5(8)4-9-10-6/h4H,1-3H3. The van der Waals surface area contributed by atoms with E-state index in [1.165, 1.54) is 0 Å². The Morgan fingerprint density at radius 3 is 2.30 bits per heavy atom. The van der Waals surface area contributed by atoms with Crippen LogP contribution in [-0.4, -0.2) is 5.16 Å². The van der Waals surface area contributed by atoms with Gasteiger partial charge in [0.05, 0.1) is 0 Å². The molecule has 0 saturated heterocycles. The van der Waals surface area contributed by atoms with E-state index in [1.807, 2.05) is 20.8 Å². The minimum atomic E-state index is -0.368. The molecule has 1 rings (SSSR count). The summed E-state index contributed by atoms with van der Waals surface area (Å²) in [4.78, 5) is 0. The lowest BCUT2D eigenvalue weighted by atomic mass is 9.93. The lowest BCUT2D eigenvalue weighted by Crippen LogP contribution is -2.11. The topological polar surface area (TPSA) is 26.0 Å². The average Bonchev–Trinajstić information content (AvgIpc) is 2.11. The third-order valence-corrected chi connectivity index (χ3v) is 1.21. The summed E-state index contributed by atoms with van der Waals surface area (Å²) in [5.74, 6) is -0.0556. The van der Waals surface area contributed by atoms with Crippen molar-refractivity contribution in [3.05, 3.63) is 17.8 Å². The van der Waals surface area contributed by atoms with Crippen molar-refractivity contribution in [3.63, 3.8) is 0 Å². The van der Waals surface area contributed by atoms with Crippen LogP contribution in [-0.2, 0) is 5.41 Å². The molecule has 0 bridgehead atoms. The highest BCUT2D eigenvalue weighted by atomic mass is 19.1. The highest BCUT2D eigenvalue weighted by Gasteiger charge is 2.22. The van der Waals surface area contributed by atoms with Crippen LogP contribution in [0.5, 0.6) is 0 Å². The van der Waals surface area contributed by atoms with Crippen LogP contribution in [0.15, 0.2) is 10.7 Å². The second-order valence-corrected chi connectivity index (χ2v) is 3.25. The molecule has 0 aromatic carbocycles. The van der Waals surface area contributed by atoms with Crippen molar-refractivity contribution in [2.24, 2.45) is 0 Å². The fourth-order valence-electron chi connectivity index (χ4n) is 0.723. The second-order valence-electron chi connectivity index (χ2n) is 3.25. The van der Waals surface area contributed by atoms with Crippen LogP contribution in [0.25, 0.3) is 0 Å². The monoisotopic (exact) mass is 143 g/mol. The molecule has 1 aromatic heterocycles. The van der Waals surface area contributed by atoms with E-state index in [0.717, 1.165) is 6.20 Å². The molecule has 0 atom stereocenters. The number of hydrogen-bond acceptors (Lipinski definition) is 2. The summed E-state index contributed by atoms with van der Waals surface area (Å²) in [5.41, 5.74) is -0.291. The molecule has 56 valence electrons. The normalized spacial score (nSPS) is 12.0. The first-order valence-corrected chi connectivity index (χ1v) is 3.12. The van der Waals surface area contributed by atoms with Gasteiger partial charge in [-0.15, -0.1) is 0 Å². The molecule has 0 amide bonds. The Morgan fingerprint density at radius 1 is 1.50 bits per heavy atom. The maximum atomic E-state index is 12.7. The number of aromatic nitrogens is 1. The van der Waals surface area contributed by atoms with Crippen LogP contribution in [0.2, 0.25) is 0 Å². The van der Waals surface area contributed by atoms with Crippen molar-refractivity contribution in [3.8, 4) is 0 Å². The summed E-state index contributed by atoms with van der Waals surface area (Å²) < 4.78 is 17.4. The molecule has 3 heteroatoms. The lowest BCUT2D eigenvalue weighted by Gasteiger charge is -2.12. The predicted molar refractivity (Wildman–Crippen MR) is 35.2 cm³/mol. The number of hydrogen-bond donors (Lipinski definition) is 0. The van der Waals surface area contributed by atoms with Crippen LogP contribution in [0.3, 0.4) is 0 Å². The zero-order chi connectivity index (χ0) is 7.78. The maximum absolute atomic E-state index is 12.7. The first kappa shape index (κ1) is 7.25. The summed E-state index contributed by atoms with van der Waals surface area (Å²) in [6.07, 6.45) is 1.08. The van der Waals surface area contributed by atoms with Gasteiger partial charge in [-0.25, -0.2) is 4.39 Å². The van der Waals surface area contributed by atoms with Gasteiger partial charge in [-0.05, 0) is 0 Å². The summed E-state index contributed by atoms with van der Waals surface area (Å²) in [7, 11) is 0. The molecule has 0 N–H and O–H groups in total. The van der Waals surface area contributed by atoms with Crippen molar-refractivity contribution in [1.29, 1.82) is 0 Å². The zero-order valence-corrected chi connectivity index (χ0v) is 6.31. The van der Waals surface area contributed by atoms with Gasteiger partial charge in [0, 0.05) is 5.41 Å². The fourth-order valence-corrected chi connectivity index (χ4v) is 0.723. The van der Waals surface area contributed by atoms with E-state index >= 15 is 0 Å².